The molecular formula is C13H17N3O4. The molecule has 0 aliphatic heterocycles. The van der Waals surface area contributed by atoms with Crippen LogP contribution in [-0.2, 0) is 9.59 Å². The lowest BCUT2D eigenvalue weighted by molar-refractivity contribution is -0.126. The maximum atomic E-state index is 11.7. The van der Waals surface area contributed by atoms with E-state index in [0.29, 0.717) is 5.56 Å². The molecule has 7 nitrogen and oxygen atoms in total. The highest BCUT2D eigenvalue weighted by atomic mass is 16.3. The fraction of sp³-hybridized carbons (Fsp3) is 0.308. The van der Waals surface area contributed by atoms with Gasteiger partial charge in [-0.15, -0.1) is 0 Å². The van der Waals surface area contributed by atoms with Gasteiger partial charge in [-0.05, 0) is 19.1 Å². The topological polar surface area (TPSA) is 122 Å². The molecule has 0 heterocycles. The first kappa shape index (κ1) is 15.6. The van der Waals surface area contributed by atoms with Gasteiger partial charge in [-0.25, -0.2) is 0 Å². The second-order valence-electron chi connectivity index (χ2n) is 4.27. The van der Waals surface area contributed by atoms with Crippen molar-refractivity contribution in [1.82, 2.24) is 10.6 Å². The van der Waals surface area contributed by atoms with Gasteiger partial charge in [-0.1, -0.05) is 17.7 Å². The number of rotatable bonds is 6. The van der Waals surface area contributed by atoms with Gasteiger partial charge in [-0.2, -0.15) is 0 Å². The van der Waals surface area contributed by atoms with E-state index in [1.54, 1.807) is 24.3 Å². The number of hydrogen-bond donors (Lipinski definition) is 4. The average molecular weight is 279 g/mol. The standard InChI is InChI=1S/C13H17N3O4/c1-8-2-4-9(5-3-8)13(20)16-7-11(18)15-6-10(17)12(14)19/h2-5,10,17H,6-7H2,1H3,(H2,14,19)(H,15,18)(H,16,20). The van der Waals surface area contributed by atoms with Crippen molar-refractivity contribution in [2.24, 2.45) is 5.73 Å². The molecule has 0 aromatic heterocycles. The number of aliphatic hydroxyl groups is 1. The van der Waals surface area contributed by atoms with Gasteiger partial charge in [0, 0.05) is 5.56 Å². The minimum absolute atomic E-state index is 0.252. The van der Waals surface area contributed by atoms with E-state index >= 15 is 0 Å². The summed E-state index contributed by atoms with van der Waals surface area (Å²) in [5.41, 5.74) is 6.30. The first-order chi connectivity index (χ1) is 9.40. The lowest BCUT2D eigenvalue weighted by atomic mass is 10.1. The molecule has 108 valence electrons. The van der Waals surface area contributed by atoms with Gasteiger partial charge in [-0.3, -0.25) is 14.4 Å². The minimum atomic E-state index is -1.44. The molecule has 0 radical (unpaired) electrons. The van der Waals surface area contributed by atoms with Crippen LogP contribution in [-0.4, -0.2) is 42.0 Å². The van der Waals surface area contributed by atoms with Crippen molar-refractivity contribution in [3.63, 3.8) is 0 Å². The van der Waals surface area contributed by atoms with E-state index in [-0.39, 0.29) is 19.0 Å². The smallest absolute Gasteiger partial charge is 0.251 e. The number of primary amides is 1. The third-order valence-electron chi connectivity index (χ3n) is 2.54. The molecule has 0 saturated carbocycles. The van der Waals surface area contributed by atoms with Crippen molar-refractivity contribution in [3.05, 3.63) is 35.4 Å². The maximum Gasteiger partial charge on any atom is 0.251 e. The number of aryl methyl sites for hydroxylation is 1. The molecule has 7 heteroatoms. The zero-order valence-corrected chi connectivity index (χ0v) is 11.1. The summed E-state index contributed by atoms with van der Waals surface area (Å²) in [6.07, 6.45) is -1.44. The van der Waals surface area contributed by atoms with E-state index in [1.807, 2.05) is 6.92 Å². The molecule has 0 aliphatic rings. The molecule has 3 amide bonds. The van der Waals surface area contributed by atoms with Gasteiger partial charge < -0.3 is 21.5 Å². The second-order valence-corrected chi connectivity index (χ2v) is 4.27. The second kappa shape index (κ2) is 7.25. The van der Waals surface area contributed by atoms with Gasteiger partial charge >= 0.3 is 0 Å². The number of carbonyl (C=O) groups is 3. The van der Waals surface area contributed by atoms with E-state index in [0.717, 1.165) is 5.56 Å². The third-order valence-corrected chi connectivity index (χ3v) is 2.54. The normalized spacial score (nSPS) is 11.5. The average Bonchev–Trinajstić information content (AvgIpc) is 2.42. The number of hydrogen-bond acceptors (Lipinski definition) is 4. The Bertz CT molecular complexity index is 499. The number of carbonyl (C=O) groups excluding carboxylic acids is 3. The monoisotopic (exact) mass is 279 g/mol. The Morgan fingerprint density at radius 1 is 1.20 bits per heavy atom. The van der Waals surface area contributed by atoms with Crippen LogP contribution in [0, 0.1) is 6.92 Å². The Kier molecular flexibility index (Phi) is 5.67. The van der Waals surface area contributed by atoms with Crippen LogP contribution in [0.2, 0.25) is 0 Å². The van der Waals surface area contributed by atoms with E-state index < -0.39 is 17.9 Å². The van der Waals surface area contributed by atoms with E-state index in [1.165, 1.54) is 0 Å². The number of aliphatic hydroxyl groups excluding tert-OH is 1. The third kappa shape index (κ3) is 5.07. The molecule has 0 spiro atoms. The number of amides is 3. The van der Waals surface area contributed by atoms with Crippen LogP contribution in [0.1, 0.15) is 15.9 Å². The predicted molar refractivity (Wildman–Crippen MR) is 71.7 cm³/mol. The van der Waals surface area contributed by atoms with Crippen LogP contribution in [0.3, 0.4) is 0 Å². The van der Waals surface area contributed by atoms with Crippen LogP contribution in [0.5, 0.6) is 0 Å². The van der Waals surface area contributed by atoms with E-state index in [9.17, 15) is 14.4 Å². The molecule has 0 bridgehead atoms. The molecule has 0 aliphatic carbocycles. The van der Waals surface area contributed by atoms with Crippen LogP contribution in [0.15, 0.2) is 24.3 Å². The Balaban J connectivity index is 2.35. The Hall–Kier alpha value is -2.41. The van der Waals surface area contributed by atoms with Crippen molar-refractivity contribution in [2.45, 2.75) is 13.0 Å². The quantitative estimate of drug-likeness (QED) is 0.516. The number of benzene rings is 1. The first-order valence-electron chi connectivity index (χ1n) is 5.99. The maximum absolute atomic E-state index is 11.7. The first-order valence-corrected chi connectivity index (χ1v) is 5.99. The zero-order valence-electron chi connectivity index (χ0n) is 11.1. The van der Waals surface area contributed by atoms with Crippen LogP contribution in [0.4, 0.5) is 0 Å². The Morgan fingerprint density at radius 3 is 2.35 bits per heavy atom. The van der Waals surface area contributed by atoms with Gasteiger partial charge in [0.05, 0.1) is 13.1 Å². The Morgan fingerprint density at radius 2 is 1.80 bits per heavy atom. The highest BCUT2D eigenvalue weighted by Gasteiger charge is 2.13. The van der Waals surface area contributed by atoms with Crippen LogP contribution < -0.4 is 16.4 Å². The number of nitrogens with one attached hydrogen (secondary N) is 2. The molecule has 1 aromatic carbocycles. The summed E-state index contributed by atoms with van der Waals surface area (Å²) in [5.74, 6) is -1.82. The van der Waals surface area contributed by atoms with E-state index in [2.05, 4.69) is 10.6 Å². The lowest BCUT2D eigenvalue weighted by Gasteiger charge is -2.09. The molecule has 0 saturated heterocycles. The molecular weight excluding hydrogens is 262 g/mol. The molecule has 1 aromatic rings. The summed E-state index contributed by atoms with van der Waals surface area (Å²) in [6, 6.07) is 6.88. The van der Waals surface area contributed by atoms with Crippen LogP contribution in [0.25, 0.3) is 0 Å². The molecule has 1 rings (SSSR count). The summed E-state index contributed by atoms with van der Waals surface area (Å²) in [5, 5.41) is 13.8. The van der Waals surface area contributed by atoms with Gasteiger partial charge in [0.1, 0.15) is 6.10 Å². The van der Waals surface area contributed by atoms with Gasteiger partial charge in [0.2, 0.25) is 11.8 Å². The minimum Gasteiger partial charge on any atom is -0.381 e. The van der Waals surface area contributed by atoms with Crippen molar-refractivity contribution in [1.29, 1.82) is 0 Å². The summed E-state index contributed by atoms with van der Waals surface area (Å²) in [4.78, 5) is 33.6. The number of nitrogens with two attached hydrogens (primary N) is 1. The SMILES string of the molecule is Cc1ccc(C(=O)NCC(=O)NCC(O)C(N)=O)cc1. The van der Waals surface area contributed by atoms with Gasteiger partial charge in [0.15, 0.2) is 0 Å². The fourth-order valence-electron chi connectivity index (χ4n) is 1.34. The Labute approximate surface area is 116 Å². The highest BCUT2D eigenvalue weighted by Crippen LogP contribution is 2.02. The molecule has 1 unspecified atom stereocenters. The molecule has 20 heavy (non-hydrogen) atoms. The van der Waals surface area contributed by atoms with Crippen molar-refractivity contribution in [3.8, 4) is 0 Å². The predicted octanol–water partition coefficient (Wildman–Crippen LogP) is -1.31. The van der Waals surface area contributed by atoms with Crippen molar-refractivity contribution < 1.29 is 19.5 Å². The lowest BCUT2D eigenvalue weighted by Crippen LogP contribution is -2.43. The van der Waals surface area contributed by atoms with E-state index in [4.69, 9.17) is 10.8 Å². The van der Waals surface area contributed by atoms with Gasteiger partial charge in [0.25, 0.3) is 5.91 Å². The largest absolute Gasteiger partial charge is 0.381 e. The molecule has 1 atom stereocenters. The summed E-state index contributed by atoms with van der Waals surface area (Å²) >= 11 is 0. The van der Waals surface area contributed by atoms with Crippen molar-refractivity contribution in [2.75, 3.05) is 13.1 Å². The summed E-state index contributed by atoms with van der Waals surface area (Å²) in [7, 11) is 0. The zero-order chi connectivity index (χ0) is 15.1. The van der Waals surface area contributed by atoms with Crippen LogP contribution >= 0.6 is 0 Å². The highest BCUT2D eigenvalue weighted by molar-refractivity contribution is 5.96. The molecule has 5 N–H and O–H groups in total. The summed E-state index contributed by atoms with van der Waals surface area (Å²) < 4.78 is 0. The molecule has 0 fully saturated rings. The fourth-order valence-corrected chi connectivity index (χ4v) is 1.34. The summed E-state index contributed by atoms with van der Waals surface area (Å²) in [6.45, 7) is 1.37. The van der Waals surface area contributed by atoms with Crippen molar-refractivity contribution >= 4 is 17.7 Å².